The van der Waals surface area contributed by atoms with Crippen molar-refractivity contribution in [3.8, 4) is 0 Å². The Morgan fingerprint density at radius 1 is 1.30 bits per heavy atom. The first-order valence-electron chi connectivity index (χ1n) is 10.6. The molecule has 1 amide bonds. The van der Waals surface area contributed by atoms with E-state index in [0.717, 1.165) is 59.1 Å². The van der Waals surface area contributed by atoms with Crippen LogP contribution in [-0.4, -0.2) is 21.6 Å². The predicted octanol–water partition coefficient (Wildman–Crippen LogP) is 4.97. The molecular formula is C23H27N3O2S2. The number of fused-ring (bicyclic) bond motifs is 3. The smallest absolute Gasteiger partial charge is 0.260 e. The maximum atomic E-state index is 12.7. The molecule has 0 radical (unpaired) electrons. The van der Waals surface area contributed by atoms with Gasteiger partial charge in [-0.3, -0.25) is 9.59 Å². The first kappa shape index (κ1) is 21.1. The van der Waals surface area contributed by atoms with Crippen LogP contribution in [0.4, 0.5) is 5.69 Å². The molecule has 7 heteroatoms. The number of para-hydroxylation sites is 1. The molecule has 2 heterocycles. The number of carbonyl (C=O) groups is 1. The minimum absolute atomic E-state index is 0.0837. The summed E-state index contributed by atoms with van der Waals surface area (Å²) in [5.41, 5.74) is 4.29. The second-order valence-corrected chi connectivity index (χ2v) is 9.95. The molecule has 1 unspecified atom stereocenters. The van der Waals surface area contributed by atoms with Gasteiger partial charge in [-0.15, -0.1) is 11.3 Å². The topological polar surface area (TPSA) is 74.8 Å². The van der Waals surface area contributed by atoms with Crippen LogP contribution in [0.15, 0.2) is 28.2 Å². The van der Waals surface area contributed by atoms with E-state index in [1.54, 1.807) is 11.3 Å². The average Bonchev–Trinajstić information content (AvgIpc) is 3.10. The SMILES string of the molecule is CCc1cccc(CC)c1NC(=O)CSc1nc2sc3c(c2c(=O)[nH]1)CCC(C)C3. The van der Waals surface area contributed by atoms with Crippen molar-refractivity contribution in [1.82, 2.24) is 9.97 Å². The third-order valence-corrected chi connectivity index (χ3v) is 7.77. The summed E-state index contributed by atoms with van der Waals surface area (Å²) in [6.45, 7) is 6.43. The zero-order valence-electron chi connectivity index (χ0n) is 17.6. The highest BCUT2D eigenvalue weighted by Gasteiger charge is 2.23. The van der Waals surface area contributed by atoms with Crippen LogP contribution in [-0.2, 0) is 30.5 Å². The standard InChI is InChI=1S/C23H27N3O2S2/c1-4-14-7-6-8-15(5-2)20(14)24-18(27)12-29-23-25-21(28)19-16-10-9-13(3)11-17(16)30-22(19)26-23/h6-8,13H,4-5,9-12H2,1-3H3,(H,24,27)(H,25,26,28). The van der Waals surface area contributed by atoms with Crippen LogP contribution in [0.5, 0.6) is 0 Å². The van der Waals surface area contributed by atoms with Crippen molar-refractivity contribution in [2.75, 3.05) is 11.1 Å². The summed E-state index contributed by atoms with van der Waals surface area (Å²) in [6, 6.07) is 6.13. The van der Waals surface area contributed by atoms with Gasteiger partial charge in [0.1, 0.15) is 4.83 Å². The Kier molecular flexibility index (Phi) is 6.29. The molecule has 30 heavy (non-hydrogen) atoms. The largest absolute Gasteiger partial charge is 0.325 e. The maximum absolute atomic E-state index is 12.7. The fraction of sp³-hybridized carbons (Fsp3) is 0.435. The Bertz CT molecular complexity index is 1130. The number of hydrogen-bond acceptors (Lipinski definition) is 5. The molecule has 2 N–H and O–H groups in total. The molecule has 3 aromatic rings. The number of benzene rings is 1. The highest BCUT2D eigenvalue weighted by Crippen LogP contribution is 2.36. The number of rotatable bonds is 6. The summed E-state index contributed by atoms with van der Waals surface area (Å²) in [5.74, 6) is 0.774. The molecule has 1 atom stereocenters. The molecule has 158 valence electrons. The van der Waals surface area contributed by atoms with E-state index in [4.69, 9.17) is 0 Å². The molecular weight excluding hydrogens is 414 g/mol. The lowest BCUT2D eigenvalue weighted by molar-refractivity contribution is -0.113. The molecule has 2 aromatic heterocycles. The van der Waals surface area contributed by atoms with Crippen molar-refractivity contribution in [2.45, 2.75) is 58.0 Å². The van der Waals surface area contributed by atoms with Crippen molar-refractivity contribution in [1.29, 1.82) is 0 Å². The normalized spacial score (nSPS) is 15.9. The zero-order chi connectivity index (χ0) is 21.3. The number of hydrogen-bond donors (Lipinski definition) is 2. The second-order valence-electron chi connectivity index (χ2n) is 7.90. The molecule has 1 aliphatic rings. The highest BCUT2D eigenvalue weighted by molar-refractivity contribution is 7.99. The van der Waals surface area contributed by atoms with Crippen LogP contribution in [0.3, 0.4) is 0 Å². The van der Waals surface area contributed by atoms with Gasteiger partial charge in [0.25, 0.3) is 5.56 Å². The first-order chi connectivity index (χ1) is 14.5. The van der Waals surface area contributed by atoms with E-state index in [9.17, 15) is 9.59 Å². The summed E-state index contributed by atoms with van der Waals surface area (Å²) in [4.78, 5) is 35.0. The molecule has 0 fully saturated rings. The Morgan fingerprint density at radius 2 is 2.03 bits per heavy atom. The van der Waals surface area contributed by atoms with E-state index in [1.807, 2.05) is 18.2 Å². The Morgan fingerprint density at radius 3 is 2.73 bits per heavy atom. The van der Waals surface area contributed by atoms with Crippen LogP contribution in [0, 0.1) is 5.92 Å². The van der Waals surface area contributed by atoms with Crippen LogP contribution in [0.1, 0.15) is 48.8 Å². The molecule has 0 aliphatic heterocycles. The Labute approximate surface area is 184 Å². The van der Waals surface area contributed by atoms with Gasteiger partial charge < -0.3 is 10.3 Å². The number of nitrogens with one attached hydrogen (secondary N) is 2. The van der Waals surface area contributed by atoms with Crippen molar-refractivity contribution >= 4 is 44.9 Å². The lowest BCUT2D eigenvalue weighted by Gasteiger charge is -2.17. The van der Waals surface area contributed by atoms with Gasteiger partial charge in [-0.25, -0.2) is 4.98 Å². The van der Waals surface area contributed by atoms with Crippen molar-refractivity contribution in [2.24, 2.45) is 5.92 Å². The third-order valence-electron chi connectivity index (χ3n) is 5.75. The lowest BCUT2D eigenvalue weighted by Crippen LogP contribution is -2.18. The monoisotopic (exact) mass is 441 g/mol. The number of thiophene rings is 1. The van der Waals surface area contributed by atoms with E-state index in [1.165, 1.54) is 22.2 Å². The number of anilines is 1. The van der Waals surface area contributed by atoms with Crippen LogP contribution < -0.4 is 10.9 Å². The number of thioether (sulfide) groups is 1. The van der Waals surface area contributed by atoms with Gasteiger partial charge in [-0.1, -0.05) is 50.7 Å². The van der Waals surface area contributed by atoms with Crippen molar-refractivity contribution in [3.63, 3.8) is 0 Å². The maximum Gasteiger partial charge on any atom is 0.260 e. The molecule has 0 saturated heterocycles. The van der Waals surface area contributed by atoms with Gasteiger partial charge in [0.05, 0.1) is 11.1 Å². The Hall–Kier alpha value is -2.12. The number of aryl methyl sites for hydroxylation is 3. The number of aromatic amines is 1. The minimum Gasteiger partial charge on any atom is -0.325 e. The number of aromatic nitrogens is 2. The second kappa shape index (κ2) is 8.94. The van der Waals surface area contributed by atoms with Gasteiger partial charge in [0.2, 0.25) is 5.91 Å². The lowest BCUT2D eigenvalue weighted by atomic mass is 9.89. The van der Waals surface area contributed by atoms with Crippen LogP contribution in [0.25, 0.3) is 10.2 Å². The molecule has 0 spiro atoms. The van der Waals surface area contributed by atoms with E-state index in [-0.39, 0.29) is 17.2 Å². The minimum atomic E-state index is -0.0855. The molecule has 0 saturated carbocycles. The first-order valence-corrected chi connectivity index (χ1v) is 12.4. The fourth-order valence-electron chi connectivity index (χ4n) is 4.11. The summed E-state index contributed by atoms with van der Waals surface area (Å²) >= 11 is 2.91. The molecule has 0 bridgehead atoms. The molecule has 1 aliphatic carbocycles. The van der Waals surface area contributed by atoms with E-state index in [0.29, 0.717) is 11.1 Å². The van der Waals surface area contributed by atoms with E-state index < -0.39 is 0 Å². The fourth-order valence-corrected chi connectivity index (χ4v) is 6.21. The predicted molar refractivity (Wildman–Crippen MR) is 126 cm³/mol. The van der Waals surface area contributed by atoms with Gasteiger partial charge in [-0.05, 0) is 54.7 Å². The summed E-state index contributed by atoms with van der Waals surface area (Å²) in [7, 11) is 0. The zero-order valence-corrected chi connectivity index (χ0v) is 19.3. The highest BCUT2D eigenvalue weighted by atomic mass is 32.2. The summed E-state index contributed by atoms with van der Waals surface area (Å²) in [5, 5.41) is 4.33. The van der Waals surface area contributed by atoms with Crippen molar-refractivity contribution < 1.29 is 4.79 Å². The summed E-state index contributed by atoms with van der Waals surface area (Å²) in [6.07, 6.45) is 4.82. The molecule has 1 aromatic carbocycles. The molecule has 4 rings (SSSR count). The van der Waals surface area contributed by atoms with E-state index >= 15 is 0 Å². The average molecular weight is 442 g/mol. The van der Waals surface area contributed by atoms with Crippen molar-refractivity contribution in [3.05, 3.63) is 50.1 Å². The van der Waals surface area contributed by atoms with E-state index in [2.05, 4.69) is 36.1 Å². The third kappa shape index (κ3) is 4.18. The van der Waals surface area contributed by atoms with Crippen LogP contribution >= 0.6 is 23.1 Å². The summed E-state index contributed by atoms with van der Waals surface area (Å²) < 4.78 is 0. The quantitative estimate of drug-likeness (QED) is 0.419. The van der Waals surface area contributed by atoms with Crippen LogP contribution in [0.2, 0.25) is 0 Å². The van der Waals surface area contributed by atoms with Gasteiger partial charge in [0, 0.05) is 10.6 Å². The number of nitrogens with zero attached hydrogens (tertiary/aromatic N) is 1. The number of amides is 1. The number of H-pyrrole nitrogens is 1. The van der Waals surface area contributed by atoms with Gasteiger partial charge in [0.15, 0.2) is 5.16 Å². The van der Waals surface area contributed by atoms with Gasteiger partial charge in [-0.2, -0.15) is 0 Å². The molecule has 5 nitrogen and oxygen atoms in total. The Balaban J connectivity index is 1.50. The van der Waals surface area contributed by atoms with Gasteiger partial charge >= 0.3 is 0 Å². The number of carbonyl (C=O) groups excluding carboxylic acids is 1.